The lowest BCUT2D eigenvalue weighted by Crippen LogP contribution is -2.13. The average molecular weight is 340 g/mol. The van der Waals surface area contributed by atoms with Crippen molar-refractivity contribution in [2.75, 3.05) is 10.6 Å². The standard InChI is InChI=1S/C17H14ClN5O/c18-13-5-3-4-12(10-13)17(24)21-16-8-7-15(22-23-16)20-11-14-6-1-2-9-19-14/h1-10H,11H2,(H,20,22)(H,21,23,24). The lowest BCUT2D eigenvalue weighted by atomic mass is 10.2. The zero-order valence-corrected chi connectivity index (χ0v) is 13.4. The largest absolute Gasteiger partial charge is 0.363 e. The van der Waals surface area contributed by atoms with Crippen LogP contribution in [0.4, 0.5) is 11.6 Å². The van der Waals surface area contributed by atoms with E-state index in [2.05, 4.69) is 25.8 Å². The number of carbonyl (C=O) groups is 1. The van der Waals surface area contributed by atoms with Crippen LogP contribution in [0.2, 0.25) is 5.02 Å². The van der Waals surface area contributed by atoms with Gasteiger partial charge in [0.2, 0.25) is 0 Å². The van der Waals surface area contributed by atoms with E-state index in [0.717, 1.165) is 5.69 Å². The van der Waals surface area contributed by atoms with Gasteiger partial charge in [0.15, 0.2) is 5.82 Å². The van der Waals surface area contributed by atoms with Crippen LogP contribution in [0.5, 0.6) is 0 Å². The Kier molecular flexibility index (Phi) is 4.98. The van der Waals surface area contributed by atoms with Crippen molar-refractivity contribution >= 4 is 29.1 Å². The molecule has 2 aromatic heterocycles. The molecule has 3 aromatic rings. The monoisotopic (exact) mass is 339 g/mol. The first-order valence-corrected chi connectivity index (χ1v) is 7.63. The number of pyridine rings is 1. The summed E-state index contributed by atoms with van der Waals surface area (Å²) in [6, 6.07) is 15.8. The first-order chi connectivity index (χ1) is 11.7. The lowest BCUT2D eigenvalue weighted by Gasteiger charge is -2.06. The maximum absolute atomic E-state index is 12.1. The van der Waals surface area contributed by atoms with Gasteiger partial charge in [-0.25, -0.2) is 0 Å². The molecule has 0 aliphatic carbocycles. The molecule has 6 nitrogen and oxygen atoms in total. The molecule has 0 saturated carbocycles. The van der Waals surface area contributed by atoms with Crippen LogP contribution in [-0.2, 0) is 6.54 Å². The van der Waals surface area contributed by atoms with Gasteiger partial charge in [-0.2, -0.15) is 0 Å². The third-order valence-electron chi connectivity index (χ3n) is 3.17. The van der Waals surface area contributed by atoms with E-state index in [4.69, 9.17) is 11.6 Å². The summed E-state index contributed by atoms with van der Waals surface area (Å²) >= 11 is 5.88. The first kappa shape index (κ1) is 15.9. The molecule has 2 heterocycles. The van der Waals surface area contributed by atoms with Crippen molar-refractivity contribution < 1.29 is 4.79 Å². The van der Waals surface area contributed by atoms with Gasteiger partial charge in [-0.15, -0.1) is 10.2 Å². The fourth-order valence-electron chi connectivity index (χ4n) is 2.00. The van der Waals surface area contributed by atoms with Crippen LogP contribution in [0.1, 0.15) is 16.1 Å². The highest BCUT2D eigenvalue weighted by Gasteiger charge is 2.07. The SMILES string of the molecule is O=C(Nc1ccc(NCc2ccccn2)nn1)c1cccc(Cl)c1. The van der Waals surface area contributed by atoms with Gasteiger partial charge in [0.1, 0.15) is 5.82 Å². The van der Waals surface area contributed by atoms with Crippen molar-refractivity contribution in [3.05, 3.63) is 77.1 Å². The molecule has 2 N–H and O–H groups in total. The molecule has 0 bridgehead atoms. The summed E-state index contributed by atoms with van der Waals surface area (Å²) in [4.78, 5) is 16.3. The van der Waals surface area contributed by atoms with Crippen LogP contribution in [0.3, 0.4) is 0 Å². The van der Waals surface area contributed by atoms with Crippen LogP contribution in [0.25, 0.3) is 0 Å². The molecular formula is C17H14ClN5O. The summed E-state index contributed by atoms with van der Waals surface area (Å²) in [5.74, 6) is 0.672. The van der Waals surface area contributed by atoms with Crippen LogP contribution in [0, 0.1) is 0 Å². The van der Waals surface area contributed by atoms with E-state index in [9.17, 15) is 4.79 Å². The predicted molar refractivity (Wildman–Crippen MR) is 93.0 cm³/mol. The highest BCUT2D eigenvalue weighted by atomic mass is 35.5. The first-order valence-electron chi connectivity index (χ1n) is 7.25. The Morgan fingerprint density at radius 3 is 2.54 bits per heavy atom. The number of benzene rings is 1. The van der Waals surface area contributed by atoms with Crippen molar-refractivity contribution in [2.45, 2.75) is 6.54 Å². The Bertz CT molecular complexity index is 824. The number of halogens is 1. The Balaban J connectivity index is 1.59. The number of carbonyl (C=O) groups excluding carboxylic acids is 1. The molecule has 3 rings (SSSR count). The fourth-order valence-corrected chi connectivity index (χ4v) is 2.19. The van der Waals surface area contributed by atoms with Crippen molar-refractivity contribution in [2.24, 2.45) is 0 Å². The summed E-state index contributed by atoms with van der Waals surface area (Å²) < 4.78 is 0. The molecule has 24 heavy (non-hydrogen) atoms. The quantitative estimate of drug-likeness (QED) is 0.744. The van der Waals surface area contributed by atoms with Crippen LogP contribution < -0.4 is 10.6 Å². The highest BCUT2D eigenvalue weighted by Crippen LogP contribution is 2.13. The number of nitrogens with one attached hydrogen (secondary N) is 2. The normalized spacial score (nSPS) is 10.2. The maximum atomic E-state index is 12.1. The van der Waals surface area contributed by atoms with Crippen LogP contribution >= 0.6 is 11.6 Å². The number of aromatic nitrogens is 3. The Labute approximate surface area is 143 Å². The molecule has 0 saturated heterocycles. The molecule has 0 aliphatic heterocycles. The molecule has 0 atom stereocenters. The number of rotatable bonds is 5. The topological polar surface area (TPSA) is 79.8 Å². The zero-order chi connectivity index (χ0) is 16.8. The fraction of sp³-hybridized carbons (Fsp3) is 0.0588. The molecule has 7 heteroatoms. The van der Waals surface area contributed by atoms with E-state index in [0.29, 0.717) is 28.8 Å². The predicted octanol–water partition coefficient (Wildman–Crippen LogP) is 3.39. The van der Waals surface area contributed by atoms with E-state index in [1.54, 1.807) is 42.6 Å². The third kappa shape index (κ3) is 4.27. The minimum Gasteiger partial charge on any atom is -0.363 e. The number of nitrogens with zero attached hydrogens (tertiary/aromatic N) is 3. The molecule has 0 aliphatic rings. The van der Waals surface area contributed by atoms with E-state index in [1.807, 2.05) is 18.2 Å². The van der Waals surface area contributed by atoms with Gasteiger partial charge in [-0.1, -0.05) is 23.7 Å². The van der Waals surface area contributed by atoms with Crippen molar-refractivity contribution in [3.8, 4) is 0 Å². The van der Waals surface area contributed by atoms with Crippen LogP contribution in [-0.4, -0.2) is 21.1 Å². The third-order valence-corrected chi connectivity index (χ3v) is 3.40. The van der Waals surface area contributed by atoms with Crippen molar-refractivity contribution in [1.82, 2.24) is 15.2 Å². The molecule has 1 amide bonds. The van der Waals surface area contributed by atoms with Gasteiger partial charge in [-0.05, 0) is 42.5 Å². The Hall–Kier alpha value is -2.99. The maximum Gasteiger partial charge on any atom is 0.256 e. The second kappa shape index (κ2) is 7.52. The minimum atomic E-state index is -0.291. The van der Waals surface area contributed by atoms with Gasteiger partial charge in [0.05, 0.1) is 12.2 Å². The second-order valence-electron chi connectivity index (χ2n) is 4.94. The zero-order valence-electron chi connectivity index (χ0n) is 12.6. The van der Waals surface area contributed by atoms with E-state index in [1.165, 1.54) is 0 Å². The molecule has 0 radical (unpaired) electrons. The molecule has 120 valence electrons. The molecular weight excluding hydrogens is 326 g/mol. The summed E-state index contributed by atoms with van der Waals surface area (Å²) in [7, 11) is 0. The average Bonchev–Trinajstić information content (AvgIpc) is 2.62. The van der Waals surface area contributed by atoms with E-state index >= 15 is 0 Å². The highest BCUT2D eigenvalue weighted by molar-refractivity contribution is 6.31. The summed E-state index contributed by atoms with van der Waals surface area (Å²) in [5.41, 5.74) is 1.36. The Morgan fingerprint density at radius 1 is 1.00 bits per heavy atom. The summed E-state index contributed by atoms with van der Waals surface area (Å²) in [5, 5.41) is 14.3. The van der Waals surface area contributed by atoms with Gasteiger partial charge < -0.3 is 10.6 Å². The van der Waals surface area contributed by atoms with Crippen molar-refractivity contribution in [1.29, 1.82) is 0 Å². The number of hydrogen-bond donors (Lipinski definition) is 2. The minimum absolute atomic E-state index is 0.291. The van der Waals surface area contributed by atoms with Crippen LogP contribution in [0.15, 0.2) is 60.8 Å². The van der Waals surface area contributed by atoms with Gasteiger partial charge in [-0.3, -0.25) is 9.78 Å². The second-order valence-corrected chi connectivity index (χ2v) is 5.38. The molecule has 0 spiro atoms. The molecule has 0 fully saturated rings. The number of anilines is 2. The number of hydrogen-bond acceptors (Lipinski definition) is 5. The number of amides is 1. The van der Waals surface area contributed by atoms with E-state index < -0.39 is 0 Å². The molecule has 1 aromatic carbocycles. The van der Waals surface area contributed by atoms with Gasteiger partial charge >= 0.3 is 0 Å². The molecule has 0 unspecified atom stereocenters. The smallest absolute Gasteiger partial charge is 0.256 e. The van der Waals surface area contributed by atoms with Gasteiger partial charge in [0, 0.05) is 16.8 Å². The van der Waals surface area contributed by atoms with E-state index in [-0.39, 0.29) is 5.91 Å². The summed E-state index contributed by atoms with van der Waals surface area (Å²) in [6.45, 7) is 0.545. The Morgan fingerprint density at radius 2 is 1.83 bits per heavy atom. The lowest BCUT2D eigenvalue weighted by molar-refractivity contribution is 0.102. The van der Waals surface area contributed by atoms with Gasteiger partial charge in [0.25, 0.3) is 5.91 Å². The van der Waals surface area contributed by atoms with Crippen molar-refractivity contribution in [3.63, 3.8) is 0 Å². The summed E-state index contributed by atoms with van der Waals surface area (Å²) in [6.07, 6.45) is 1.73.